The Kier molecular flexibility index (Phi) is 5.29. The van der Waals surface area contributed by atoms with Gasteiger partial charge in [-0.05, 0) is 35.4 Å². The SMILES string of the molecule is O=S(=O)(NCc1csc(-c2cccnc2)n1)c1ccc(-c2ccccc2)cc1. The fourth-order valence-electron chi connectivity index (χ4n) is 2.72. The third-order valence-electron chi connectivity index (χ3n) is 4.18. The summed E-state index contributed by atoms with van der Waals surface area (Å²) >= 11 is 1.46. The molecule has 5 nitrogen and oxygen atoms in total. The van der Waals surface area contributed by atoms with Crippen LogP contribution in [0.25, 0.3) is 21.7 Å². The number of rotatable bonds is 6. The first-order chi connectivity index (χ1) is 13.6. The van der Waals surface area contributed by atoms with Crippen LogP contribution in [0.4, 0.5) is 0 Å². The van der Waals surface area contributed by atoms with E-state index in [1.165, 1.54) is 11.3 Å². The number of hydrogen-bond acceptors (Lipinski definition) is 5. The number of benzene rings is 2. The predicted molar refractivity (Wildman–Crippen MR) is 111 cm³/mol. The molecule has 0 saturated heterocycles. The van der Waals surface area contributed by atoms with Gasteiger partial charge in [-0.2, -0.15) is 0 Å². The van der Waals surface area contributed by atoms with Crippen LogP contribution >= 0.6 is 11.3 Å². The van der Waals surface area contributed by atoms with Gasteiger partial charge in [0.2, 0.25) is 10.0 Å². The Morgan fingerprint density at radius 3 is 2.29 bits per heavy atom. The molecule has 0 bridgehead atoms. The van der Waals surface area contributed by atoms with Crippen molar-refractivity contribution in [3.63, 3.8) is 0 Å². The molecule has 7 heteroatoms. The summed E-state index contributed by atoms with van der Waals surface area (Å²) in [5, 5.41) is 2.66. The van der Waals surface area contributed by atoms with Gasteiger partial charge in [-0.25, -0.2) is 18.1 Å². The van der Waals surface area contributed by atoms with E-state index in [2.05, 4.69) is 14.7 Å². The first-order valence-electron chi connectivity index (χ1n) is 8.62. The molecule has 2 aromatic heterocycles. The Morgan fingerprint density at radius 1 is 0.857 bits per heavy atom. The first-order valence-corrected chi connectivity index (χ1v) is 11.0. The zero-order chi connectivity index (χ0) is 19.4. The second kappa shape index (κ2) is 8.02. The molecule has 4 aromatic rings. The first kappa shape index (κ1) is 18.5. The molecule has 0 amide bonds. The van der Waals surface area contributed by atoms with E-state index in [1.54, 1.807) is 24.5 Å². The van der Waals surface area contributed by atoms with E-state index < -0.39 is 10.0 Å². The number of hydrogen-bond donors (Lipinski definition) is 1. The molecule has 0 unspecified atom stereocenters. The molecule has 0 saturated carbocycles. The van der Waals surface area contributed by atoms with Crippen LogP contribution in [-0.4, -0.2) is 18.4 Å². The van der Waals surface area contributed by atoms with Gasteiger partial charge in [0.25, 0.3) is 0 Å². The quantitative estimate of drug-likeness (QED) is 0.516. The van der Waals surface area contributed by atoms with Gasteiger partial charge in [0.05, 0.1) is 17.1 Å². The molecule has 2 aromatic carbocycles. The van der Waals surface area contributed by atoms with Crippen molar-refractivity contribution >= 4 is 21.4 Å². The number of pyridine rings is 1. The topological polar surface area (TPSA) is 72.0 Å². The molecular formula is C21H17N3O2S2. The summed E-state index contributed by atoms with van der Waals surface area (Å²) in [5.41, 5.74) is 3.61. The van der Waals surface area contributed by atoms with E-state index >= 15 is 0 Å². The fraction of sp³-hybridized carbons (Fsp3) is 0.0476. The molecule has 0 spiro atoms. The van der Waals surface area contributed by atoms with Gasteiger partial charge >= 0.3 is 0 Å². The van der Waals surface area contributed by atoms with Crippen molar-refractivity contribution in [2.24, 2.45) is 0 Å². The number of aromatic nitrogens is 2. The molecule has 28 heavy (non-hydrogen) atoms. The Labute approximate surface area is 167 Å². The molecule has 0 aliphatic heterocycles. The lowest BCUT2D eigenvalue weighted by Gasteiger charge is -2.07. The van der Waals surface area contributed by atoms with Crippen LogP contribution in [0.3, 0.4) is 0 Å². The van der Waals surface area contributed by atoms with Crippen molar-refractivity contribution in [3.05, 3.63) is 90.2 Å². The smallest absolute Gasteiger partial charge is 0.240 e. The van der Waals surface area contributed by atoms with Gasteiger partial charge in [-0.3, -0.25) is 4.98 Å². The van der Waals surface area contributed by atoms with Crippen LogP contribution in [0.2, 0.25) is 0 Å². The number of sulfonamides is 1. The lowest BCUT2D eigenvalue weighted by atomic mass is 10.1. The second-order valence-corrected chi connectivity index (χ2v) is 8.73. The van der Waals surface area contributed by atoms with Gasteiger partial charge in [0, 0.05) is 23.3 Å². The third kappa shape index (κ3) is 4.17. The summed E-state index contributed by atoms with van der Waals surface area (Å²) in [6.45, 7) is 0.138. The van der Waals surface area contributed by atoms with Crippen molar-refractivity contribution in [2.45, 2.75) is 11.4 Å². The molecule has 0 radical (unpaired) electrons. The summed E-state index contributed by atoms with van der Waals surface area (Å²) in [5.74, 6) is 0. The average molecular weight is 408 g/mol. The molecule has 0 aliphatic carbocycles. The Hall–Kier alpha value is -2.87. The third-order valence-corrected chi connectivity index (χ3v) is 6.53. The summed E-state index contributed by atoms with van der Waals surface area (Å²) in [4.78, 5) is 8.79. The van der Waals surface area contributed by atoms with Crippen molar-refractivity contribution in [3.8, 4) is 21.7 Å². The minimum absolute atomic E-state index is 0.138. The number of nitrogens with zero attached hydrogens (tertiary/aromatic N) is 2. The van der Waals surface area contributed by atoms with E-state index in [1.807, 2.05) is 60.0 Å². The lowest BCUT2D eigenvalue weighted by Crippen LogP contribution is -2.23. The minimum atomic E-state index is -3.61. The molecule has 1 N–H and O–H groups in total. The summed E-state index contributed by atoms with van der Waals surface area (Å²) in [6.07, 6.45) is 3.44. The normalized spacial score (nSPS) is 11.4. The minimum Gasteiger partial charge on any atom is -0.264 e. The van der Waals surface area contributed by atoms with Gasteiger partial charge in [0.15, 0.2) is 0 Å². The van der Waals surface area contributed by atoms with E-state index in [4.69, 9.17) is 0 Å². The van der Waals surface area contributed by atoms with Crippen molar-refractivity contribution in [2.75, 3.05) is 0 Å². The van der Waals surface area contributed by atoms with Crippen molar-refractivity contribution < 1.29 is 8.42 Å². The molecule has 4 rings (SSSR count). The maximum atomic E-state index is 12.6. The van der Waals surface area contributed by atoms with Gasteiger partial charge in [0.1, 0.15) is 5.01 Å². The van der Waals surface area contributed by atoms with E-state index in [0.717, 1.165) is 21.7 Å². The number of thiazole rings is 1. The van der Waals surface area contributed by atoms with Crippen LogP contribution in [0.15, 0.2) is 89.4 Å². The van der Waals surface area contributed by atoms with Crippen LogP contribution < -0.4 is 4.72 Å². The monoisotopic (exact) mass is 407 g/mol. The Balaban J connectivity index is 1.45. The van der Waals surface area contributed by atoms with E-state index in [9.17, 15) is 8.42 Å². The van der Waals surface area contributed by atoms with E-state index in [0.29, 0.717) is 5.69 Å². The molecule has 140 valence electrons. The van der Waals surface area contributed by atoms with Crippen LogP contribution in [0.1, 0.15) is 5.69 Å². The van der Waals surface area contributed by atoms with Gasteiger partial charge in [-0.15, -0.1) is 11.3 Å². The molecule has 0 atom stereocenters. The average Bonchev–Trinajstić information content (AvgIpc) is 3.23. The highest BCUT2D eigenvalue weighted by atomic mass is 32.2. The maximum absolute atomic E-state index is 12.6. The molecular weight excluding hydrogens is 390 g/mol. The summed E-state index contributed by atoms with van der Waals surface area (Å²) in [7, 11) is -3.61. The largest absolute Gasteiger partial charge is 0.264 e. The second-order valence-electron chi connectivity index (χ2n) is 6.10. The highest BCUT2D eigenvalue weighted by molar-refractivity contribution is 7.89. The molecule has 2 heterocycles. The summed E-state index contributed by atoms with van der Waals surface area (Å²) in [6, 6.07) is 20.5. The standard InChI is InChI=1S/C21H17N3O2S2/c25-28(26,20-10-8-17(9-11-20)16-5-2-1-3-6-16)23-14-19-15-27-21(24-19)18-7-4-12-22-13-18/h1-13,15,23H,14H2. The summed E-state index contributed by atoms with van der Waals surface area (Å²) < 4.78 is 27.8. The Morgan fingerprint density at radius 2 is 1.57 bits per heavy atom. The van der Waals surface area contributed by atoms with Crippen LogP contribution in [0.5, 0.6) is 0 Å². The zero-order valence-electron chi connectivity index (χ0n) is 14.8. The van der Waals surface area contributed by atoms with Crippen molar-refractivity contribution in [1.82, 2.24) is 14.7 Å². The number of nitrogens with one attached hydrogen (secondary N) is 1. The van der Waals surface area contributed by atoms with E-state index in [-0.39, 0.29) is 11.4 Å². The zero-order valence-corrected chi connectivity index (χ0v) is 16.5. The van der Waals surface area contributed by atoms with Crippen LogP contribution in [0, 0.1) is 0 Å². The highest BCUT2D eigenvalue weighted by Gasteiger charge is 2.15. The van der Waals surface area contributed by atoms with Gasteiger partial charge in [-0.1, -0.05) is 42.5 Å². The van der Waals surface area contributed by atoms with Crippen LogP contribution in [-0.2, 0) is 16.6 Å². The highest BCUT2D eigenvalue weighted by Crippen LogP contribution is 2.23. The predicted octanol–water partition coefficient (Wildman–Crippen LogP) is 4.35. The van der Waals surface area contributed by atoms with Crippen molar-refractivity contribution in [1.29, 1.82) is 0 Å². The fourth-order valence-corrected chi connectivity index (χ4v) is 4.53. The lowest BCUT2D eigenvalue weighted by molar-refractivity contribution is 0.580. The molecule has 0 aliphatic rings. The Bertz CT molecular complexity index is 1160. The van der Waals surface area contributed by atoms with Gasteiger partial charge < -0.3 is 0 Å². The molecule has 0 fully saturated rings. The maximum Gasteiger partial charge on any atom is 0.240 e.